The van der Waals surface area contributed by atoms with Crippen molar-refractivity contribution in [3.63, 3.8) is 0 Å². The maximum Gasteiger partial charge on any atom is 0.521 e. The van der Waals surface area contributed by atoms with Crippen molar-refractivity contribution in [1.29, 1.82) is 0 Å². The topological polar surface area (TPSA) is 49.7 Å². The Bertz CT molecular complexity index is 268. The summed E-state index contributed by atoms with van der Waals surface area (Å²) in [7, 11) is -0.173. The van der Waals surface area contributed by atoms with E-state index >= 15 is 0 Å². The zero-order chi connectivity index (χ0) is 9.14. The Morgan fingerprint density at radius 2 is 2.25 bits per heavy atom. The SMILES string of the molecule is COC1=C(B(O)O)C=C[C+]=C1Cl. The first-order valence-electron chi connectivity index (χ1n) is 3.27. The van der Waals surface area contributed by atoms with Gasteiger partial charge in [0.25, 0.3) is 5.76 Å². The van der Waals surface area contributed by atoms with Crippen LogP contribution in [0.25, 0.3) is 0 Å². The van der Waals surface area contributed by atoms with Crippen LogP contribution in [0, 0.1) is 6.08 Å². The molecule has 0 spiro atoms. The molecule has 0 saturated carbocycles. The summed E-state index contributed by atoms with van der Waals surface area (Å²) in [6, 6.07) is 0. The van der Waals surface area contributed by atoms with Crippen molar-refractivity contribution in [2.45, 2.75) is 0 Å². The molecule has 12 heavy (non-hydrogen) atoms. The fraction of sp³-hybridized carbons (Fsp3) is 0.143. The molecule has 0 radical (unpaired) electrons. The highest BCUT2D eigenvalue weighted by Gasteiger charge is 2.30. The van der Waals surface area contributed by atoms with Gasteiger partial charge in [-0.2, -0.15) is 0 Å². The van der Waals surface area contributed by atoms with E-state index in [9.17, 15) is 0 Å². The van der Waals surface area contributed by atoms with Crippen LogP contribution in [0.15, 0.2) is 28.4 Å². The van der Waals surface area contributed by atoms with E-state index in [1.807, 2.05) is 0 Å². The highest BCUT2D eigenvalue weighted by molar-refractivity contribution is 6.52. The van der Waals surface area contributed by atoms with Crippen LogP contribution in [0.5, 0.6) is 0 Å². The second-order valence-electron chi connectivity index (χ2n) is 2.15. The summed E-state index contributed by atoms with van der Waals surface area (Å²) in [5, 5.41) is 18.0. The van der Waals surface area contributed by atoms with Crippen molar-refractivity contribution < 1.29 is 14.8 Å². The number of ether oxygens (including phenoxy) is 1. The van der Waals surface area contributed by atoms with Crippen LogP contribution < -0.4 is 0 Å². The second kappa shape index (κ2) is 3.74. The van der Waals surface area contributed by atoms with Gasteiger partial charge in [-0.3, -0.25) is 0 Å². The molecular weight excluding hydrogens is 178 g/mol. The maximum atomic E-state index is 8.86. The van der Waals surface area contributed by atoms with E-state index < -0.39 is 7.12 Å². The van der Waals surface area contributed by atoms with Gasteiger partial charge < -0.3 is 14.8 Å². The lowest BCUT2D eigenvalue weighted by Crippen LogP contribution is -2.18. The molecule has 1 aliphatic rings. The van der Waals surface area contributed by atoms with Gasteiger partial charge in [-0.1, -0.05) is 0 Å². The molecule has 0 aromatic rings. The molecule has 0 aromatic heterocycles. The highest BCUT2D eigenvalue weighted by atomic mass is 35.5. The van der Waals surface area contributed by atoms with Gasteiger partial charge in [-0.15, -0.1) is 0 Å². The molecule has 0 heterocycles. The van der Waals surface area contributed by atoms with Gasteiger partial charge in [0, 0.05) is 0 Å². The minimum absolute atomic E-state index is 0.237. The van der Waals surface area contributed by atoms with Crippen molar-refractivity contribution in [2.24, 2.45) is 0 Å². The third kappa shape index (κ3) is 1.68. The Labute approximate surface area is 75.8 Å². The van der Waals surface area contributed by atoms with Gasteiger partial charge in [-0.05, 0) is 11.6 Å². The van der Waals surface area contributed by atoms with E-state index in [4.69, 9.17) is 26.4 Å². The Hall–Kier alpha value is -0.795. The summed E-state index contributed by atoms with van der Waals surface area (Å²) in [6.07, 6.45) is 5.65. The van der Waals surface area contributed by atoms with Crippen molar-refractivity contribution in [1.82, 2.24) is 0 Å². The molecule has 0 aliphatic heterocycles. The zero-order valence-corrected chi connectivity index (χ0v) is 7.17. The molecule has 5 heteroatoms. The fourth-order valence-electron chi connectivity index (χ4n) is 0.883. The fourth-order valence-corrected chi connectivity index (χ4v) is 1.13. The maximum absolute atomic E-state index is 8.86. The number of allylic oxidation sites excluding steroid dienone is 5. The van der Waals surface area contributed by atoms with Crippen LogP contribution in [-0.4, -0.2) is 24.3 Å². The summed E-state index contributed by atoms with van der Waals surface area (Å²) in [5.74, 6) is 0.245. The predicted octanol–water partition coefficient (Wildman–Crippen LogP) is 0.395. The van der Waals surface area contributed by atoms with Crippen molar-refractivity contribution >= 4 is 18.7 Å². The number of halogens is 1. The first kappa shape index (κ1) is 9.29. The Kier molecular flexibility index (Phi) is 2.90. The Morgan fingerprint density at radius 3 is 2.67 bits per heavy atom. The number of hydrogen-bond acceptors (Lipinski definition) is 3. The van der Waals surface area contributed by atoms with Crippen LogP contribution in [0.2, 0.25) is 0 Å². The quantitative estimate of drug-likeness (QED) is 0.483. The molecule has 1 rings (SSSR count). The van der Waals surface area contributed by atoms with E-state index in [0.717, 1.165) is 0 Å². The molecule has 0 bridgehead atoms. The molecular formula is C7H7BClO3+. The standard InChI is InChI=1S/C7H7BClO3/c1-12-7-5(8(10)11)3-2-4-6(7)9/h2-3,10-11H,1H3/q+1. The van der Waals surface area contributed by atoms with Crippen LogP contribution in [-0.2, 0) is 4.74 Å². The first-order valence-corrected chi connectivity index (χ1v) is 3.65. The highest BCUT2D eigenvalue weighted by Crippen LogP contribution is 2.23. The van der Waals surface area contributed by atoms with E-state index in [1.165, 1.54) is 19.3 Å². The minimum Gasteiger partial charge on any atom is -0.436 e. The van der Waals surface area contributed by atoms with E-state index in [2.05, 4.69) is 6.08 Å². The van der Waals surface area contributed by atoms with Crippen LogP contribution >= 0.6 is 11.6 Å². The summed E-state index contributed by atoms with van der Waals surface area (Å²) in [6.45, 7) is 0. The average Bonchev–Trinajstić information content (AvgIpc) is 2.03. The van der Waals surface area contributed by atoms with Gasteiger partial charge in [0.2, 0.25) is 5.03 Å². The molecule has 0 amide bonds. The predicted molar refractivity (Wildman–Crippen MR) is 46.0 cm³/mol. The number of methoxy groups -OCH3 is 1. The third-order valence-electron chi connectivity index (χ3n) is 1.42. The normalized spacial score (nSPS) is 15.5. The molecule has 0 unspecified atom stereocenters. The van der Waals surface area contributed by atoms with Gasteiger partial charge in [0.1, 0.15) is 11.5 Å². The van der Waals surface area contributed by atoms with Crippen LogP contribution in [0.4, 0.5) is 0 Å². The zero-order valence-electron chi connectivity index (χ0n) is 6.41. The third-order valence-corrected chi connectivity index (χ3v) is 1.70. The van der Waals surface area contributed by atoms with Gasteiger partial charge in [0.05, 0.1) is 19.3 Å². The average molecular weight is 185 g/mol. The van der Waals surface area contributed by atoms with E-state index in [1.54, 1.807) is 0 Å². The van der Waals surface area contributed by atoms with E-state index in [0.29, 0.717) is 0 Å². The van der Waals surface area contributed by atoms with Crippen LogP contribution in [0.1, 0.15) is 0 Å². The lowest BCUT2D eigenvalue weighted by Gasteiger charge is -2.03. The summed E-state index contributed by atoms with van der Waals surface area (Å²) in [5.41, 5.74) is 0.237. The van der Waals surface area contributed by atoms with Gasteiger partial charge in [0.15, 0.2) is 0 Å². The molecule has 0 atom stereocenters. The van der Waals surface area contributed by atoms with Gasteiger partial charge >= 0.3 is 7.12 Å². The molecule has 0 aromatic carbocycles. The largest absolute Gasteiger partial charge is 0.521 e. The van der Waals surface area contributed by atoms with Gasteiger partial charge in [-0.25, -0.2) is 0 Å². The van der Waals surface area contributed by atoms with Crippen molar-refractivity contribution in [2.75, 3.05) is 7.11 Å². The molecule has 0 fully saturated rings. The minimum atomic E-state index is -1.58. The first-order chi connectivity index (χ1) is 5.66. The Balaban J connectivity index is 3.07. The molecule has 3 nitrogen and oxygen atoms in total. The summed E-state index contributed by atoms with van der Waals surface area (Å²) in [4.78, 5) is 0. The molecule has 62 valence electrons. The van der Waals surface area contributed by atoms with Crippen molar-refractivity contribution in [3.8, 4) is 0 Å². The number of rotatable bonds is 2. The summed E-state index contributed by atoms with van der Waals surface area (Å²) < 4.78 is 4.85. The smallest absolute Gasteiger partial charge is 0.436 e. The van der Waals surface area contributed by atoms with E-state index in [-0.39, 0.29) is 16.3 Å². The lowest BCUT2D eigenvalue weighted by atomic mass is 9.77. The van der Waals surface area contributed by atoms with Crippen molar-refractivity contribution in [3.05, 3.63) is 34.5 Å². The lowest BCUT2D eigenvalue weighted by molar-refractivity contribution is 0.299. The number of hydrogen-bond donors (Lipinski definition) is 2. The summed E-state index contributed by atoms with van der Waals surface area (Å²) >= 11 is 5.67. The molecule has 1 aliphatic carbocycles. The molecule has 2 N–H and O–H groups in total. The second-order valence-corrected chi connectivity index (χ2v) is 2.53. The monoisotopic (exact) mass is 185 g/mol. The molecule has 0 saturated heterocycles. The van der Waals surface area contributed by atoms with Crippen LogP contribution in [0.3, 0.4) is 0 Å². The Morgan fingerprint density at radius 1 is 1.58 bits per heavy atom.